The lowest BCUT2D eigenvalue weighted by atomic mass is 10.2. The minimum atomic E-state index is -0.00190. The number of nitrogens with one attached hydrogen (secondary N) is 1. The van der Waals surface area contributed by atoms with Crippen molar-refractivity contribution in [1.82, 2.24) is 10.2 Å². The molecule has 2 heterocycles. The predicted octanol–water partition coefficient (Wildman–Crippen LogP) is 2.18. The molecule has 2 rings (SSSR count). The first kappa shape index (κ1) is 14.5. The summed E-state index contributed by atoms with van der Waals surface area (Å²) >= 11 is 4.95. The fourth-order valence-corrected chi connectivity index (χ4v) is 3.69. The average molecular weight is 345 g/mol. The largest absolute Gasteiger partial charge is 0.352 e. The van der Waals surface area contributed by atoms with E-state index >= 15 is 0 Å². The zero-order valence-electron chi connectivity index (χ0n) is 10.8. The minimum Gasteiger partial charge on any atom is -0.352 e. The van der Waals surface area contributed by atoms with Gasteiger partial charge in [-0.2, -0.15) is 0 Å². The van der Waals surface area contributed by atoms with Crippen LogP contribution < -0.4 is 5.32 Å². The maximum atomic E-state index is 11.9. The molecule has 6 heteroatoms. The summed E-state index contributed by atoms with van der Waals surface area (Å²) in [6.45, 7) is 3.36. The van der Waals surface area contributed by atoms with E-state index in [4.69, 9.17) is 0 Å². The molecule has 4 nitrogen and oxygen atoms in total. The summed E-state index contributed by atoms with van der Waals surface area (Å²) in [5.41, 5.74) is 0. The summed E-state index contributed by atoms with van der Waals surface area (Å²) in [5.74, 6) is 0.205. The maximum Gasteiger partial charge on any atom is 0.225 e. The zero-order chi connectivity index (χ0) is 13.8. The van der Waals surface area contributed by atoms with E-state index in [1.165, 1.54) is 0 Å². The molecule has 1 saturated heterocycles. The van der Waals surface area contributed by atoms with E-state index in [9.17, 15) is 9.59 Å². The lowest BCUT2D eigenvalue weighted by Crippen LogP contribution is -2.42. The molecule has 0 radical (unpaired) electrons. The molecule has 19 heavy (non-hydrogen) atoms. The molecule has 0 saturated carbocycles. The monoisotopic (exact) mass is 344 g/mol. The van der Waals surface area contributed by atoms with Crippen LogP contribution in [0.1, 0.15) is 24.6 Å². The second-order valence-corrected chi connectivity index (χ2v) is 7.34. The Morgan fingerprint density at radius 2 is 2.37 bits per heavy atom. The number of thiophene rings is 1. The molecule has 1 aromatic heterocycles. The van der Waals surface area contributed by atoms with Crippen LogP contribution in [0.3, 0.4) is 0 Å². The molecule has 2 amide bonds. The van der Waals surface area contributed by atoms with Gasteiger partial charge < -0.3 is 10.2 Å². The molecule has 1 aromatic rings. The van der Waals surface area contributed by atoms with Gasteiger partial charge in [-0.3, -0.25) is 9.59 Å². The standard InChI is InChI=1S/C13H17BrN2O2S/c1-9(8-16-6-2-3-13(16)18)15-12(17)7-10-4-5-11(14)19-10/h4-5,9H,2-3,6-8H2,1H3,(H,15,17)/t9-/m1/s1. The number of carbonyl (C=O) groups excluding carboxylic acids is 2. The quantitative estimate of drug-likeness (QED) is 0.889. The summed E-state index contributed by atoms with van der Waals surface area (Å²) in [6.07, 6.45) is 1.97. The van der Waals surface area contributed by atoms with Gasteiger partial charge >= 0.3 is 0 Å². The summed E-state index contributed by atoms with van der Waals surface area (Å²) in [7, 11) is 0. The lowest BCUT2D eigenvalue weighted by Gasteiger charge is -2.21. The van der Waals surface area contributed by atoms with E-state index in [2.05, 4.69) is 21.2 Å². The smallest absolute Gasteiger partial charge is 0.225 e. The minimum absolute atomic E-state index is 0.00190. The van der Waals surface area contributed by atoms with Crippen molar-refractivity contribution >= 4 is 39.1 Å². The Morgan fingerprint density at radius 3 is 2.95 bits per heavy atom. The van der Waals surface area contributed by atoms with Crippen molar-refractivity contribution in [1.29, 1.82) is 0 Å². The van der Waals surface area contributed by atoms with Gasteiger partial charge in [0.2, 0.25) is 11.8 Å². The fourth-order valence-electron chi connectivity index (χ4n) is 2.20. The molecule has 0 unspecified atom stereocenters. The van der Waals surface area contributed by atoms with Crippen LogP contribution >= 0.6 is 27.3 Å². The second kappa shape index (κ2) is 6.52. The van der Waals surface area contributed by atoms with Crippen molar-refractivity contribution in [2.24, 2.45) is 0 Å². The number of amides is 2. The van der Waals surface area contributed by atoms with Crippen LogP contribution in [0.2, 0.25) is 0 Å². The SMILES string of the molecule is C[C@H](CN1CCCC1=O)NC(=O)Cc1ccc(Br)s1. The number of carbonyl (C=O) groups is 2. The van der Waals surface area contributed by atoms with E-state index in [-0.39, 0.29) is 17.9 Å². The Bertz CT molecular complexity index is 475. The third-order valence-corrected chi connectivity index (χ3v) is 4.66. The molecule has 0 spiro atoms. The normalized spacial score (nSPS) is 16.7. The Labute approximate surface area is 125 Å². The number of nitrogens with zero attached hydrogens (tertiary/aromatic N) is 1. The van der Waals surface area contributed by atoms with Gasteiger partial charge in [0, 0.05) is 30.4 Å². The summed E-state index contributed by atoms with van der Waals surface area (Å²) in [5, 5.41) is 2.94. The zero-order valence-corrected chi connectivity index (χ0v) is 13.2. The van der Waals surface area contributed by atoms with Crippen molar-refractivity contribution in [2.45, 2.75) is 32.2 Å². The molecule has 104 valence electrons. The van der Waals surface area contributed by atoms with E-state index in [0.717, 1.165) is 21.6 Å². The Hall–Kier alpha value is -0.880. The third kappa shape index (κ3) is 4.31. The van der Waals surface area contributed by atoms with Crippen LogP contribution in [0.15, 0.2) is 15.9 Å². The van der Waals surface area contributed by atoms with Gasteiger partial charge in [0.25, 0.3) is 0 Å². The van der Waals surface area contributed by atoms with E-state index in [1.54, 1.807) is 11.3 Å². The molecule has 1 atom stereocenters. The highest BCUT2D eigenvalue weighted by atomic mass is 79.9. The van der Waals surface area contributed by atoms with Gasteiger partial charge in [0.05, 0.1) is 10.2 Å². The van der Waals surface area contributed by atoms with Crippen LogP contribution in [-0.4, -0.2) is 35.8 Å². The van der Waals surface area contributed by atoms with Crippen LogP contribution in [0.5, 0.6) is 0 Å². The molecule has 1 N–H and O–H groups in total. The van der Waals surface area contributed by atoms with Gasteiger partial charge in [0.15, 0.2) is 0 Å². The van der Waals surface area contributed by atoms with E-state index in [0.29, 0.717) is 19.4 Å². The van der Waals surface area contributed by atoms with E-state index in [1.807, 2.05) is 24.0 Å². The molecule has 0 bridgehead atoms. The van der Waals surface area contributed by atoms with Crippen molar-refractivity contribution in [3.05, 3.63) is 20.8 Å². The molecule has 1 aliphatic rings. The van der Waals surface area contributed by atoms with Crippen LogP contribution in [0, 0.1) is 0 Å². The van der Waals surface area contributed by atoms with Gasteiger partial charge in [-0.25, -0.2) is 0 Å². The molecular weight excluding hydrogens is 328 g/mol. The van der Waals surface area contributed by atoms with Crippen LogP contribution in [0.4, 0.5) is 0 Å². The number of halogens is 1. The van der Waals surface area contributed by atoms with Crippen molar-refractivity contribution in [3.63, 3.8) is 0 Å². The highest BCUT2D eigenvalue weighted by Gasteiger charge is 2.22. The highest BCUT2D eigenvalue weighted by Crippen LogP contribution is 2.22. The Balaban J connectivity index is 1.76. The third-order valence-electron chi connectivity index (χ3n) is 3.04. The average Bonchev–Trinajstić information content (AvgIpc) is 2.89. The first-order chi connectivity index (χ1) is 9.04. The number of likely N-dealkylation sites (tertiary alicyclic amines) is 1. The Morgan fingerprint density at radius 1 is 1.58 bits per heavy atom. The predicted molar refractivity (Wildman–Crippen MR) is 79.1 cm³/mol. The summed E-state index contributed by atoms with van der Waals surface area (Å²) < 4.78 is 1.03. The highest BCUT2D eigenvalue weighted by molar-refractivity contribution is 9.11. The maximum absolute atomic E-state index is 11.9. The van der Waals surface area contributed by atoms with Crippen LogP contribution in [-0.2, 0) is 16.0 Å². The lowest BCUT2D eigenvalue weighted by molar-refractivity contribution is -0.129. The molecule has 1 aliphatic heterocycles. The number of hydrogen-bond donors (Lipinski definition) is 1. The van der Waals surface area contributed by atoms with Gasteiger partial charge in [-0.15, -0.1) is 11.3 Å². The molecule has 0 aliphatic carbocycles. The molecule has 0 aromatic carbocycles. The van der Waals surface area contributed by atoms with E-state index < -0.39 is 0 Å². The van der Waals surface area contributed by atoms with Gasteiger partial charge in [0.1, 0.15) is 0 Å². The van der Waals surface area contributed by atoms with Crippen molar-refractivity contribution in [2.75, 3.05) is 13.1 Å². The van der Waals surface area contributed by atoms with Gasteiger partial charge in [-0.1, -0.05) is 0 Å². The second-order valence-electron chi connectivity index (χ2n) is 4.79. The van der Waals surface area contributed by atoms with Gasteiger partial charge in [-0.05, 0) is 41.4 Å². The number of hydrogen-bond acceptors (Lipinski definition) is 3. The Kier molecular flexibility index (Phi) is 4.99. The first-order valence-electron chi connectivity index (χ1n) is 6.36. The summed E-state index contributed by atoms with van der Waals surface area (Å²) in [6, 6.07) is 3.89. The topological polar surface area (TPSA) is 49.4 Å². The number of rotatable bonds is 5. The molecule has 1 fully saturated rings. The van der Waals surface area contributed by atoms with Crippen molar-refractivity contribution < 1.29 is 9.59 Å². The van der Waals surface area contributed by atoms with Crippen molar-refractivity contribution in [3.8, 4) is 0 Å². The molecular formula is C13H17BrN2O2S. The fraction of sp³-hybridized carbons (Fsp3) is 0.538. The summed E-state index contributed by atoms with van der Waals surface area (Å²) in [4.78, 5) is 26.2. The van der Waals surface area contributed by atoms with Crippen LogP contribution in [0.25, 0.3) is 0 Å². The first-order valence-corrected chi connectivity index (χ1v) is 7.97.